The molecule has 0 spiro atoms. The van der Waals surface area contributed by atoms with Crippen molar-refractivity contribution in [3.63, 3.8) is 0 Å². The molecule has 0 aromatic heterocycles. The van der Waals surface area contributed by atoms with Gasteiger partial charge in [-0.2, -0.15) is 0 Å². The van der Waals surface area contributed by atoms with Gasteiger partial charge in [0.25, 0.3) is 0 Å². The monoisotopic (exact) mass is 402 g/mol. The summed E-state index contributed by atoms with van der Waals surface area (Å²) < 4.78 is 5.34. The fourth-order valence-corrected chi connectivity index (χ4v) is 3.82. The normalized spacial score (nSPS) is 12.3. The molecular formula is C27H34N2O. The summed E-state index contributed by atoms with van der Waals surface area (Å²) in [6.45, 7) is 4.18. The molecule has 1 unspecified atom stereocenters. The molecule has 0 aliphatic carbocycles. The molecule has 0 heterocycles. The predicted molar refractivity (Wildman–Crippen MR) is 126 cm³/mol. The minimum Gasteiger partial charge on any atom is -0.497 e. The molecule has 3 nitrogen and oxygen atoms in total. The Bertz CT molecular complexity index is 849. The summed E-state index contributed by atoms with van der Waals surface area (Å²) in [6, 6.07) is 30.0. The van der Waals surface area contributed by atoms with Crippen LogP contribution in [-0.4, -0.2) is 50.6 Å². The molecule has 30 heavy (non-hydrogen) atoms. The van der Waals surface area contributed by atoms with Crippen molar-refractivity contribution in [3.05, 3.63) is 102 Å². The van der Waals surface area contributed by atoms with E-state index in [2.05, 4.69) is 109 Å². The molecule has 3 heteroatoms. The van der Waals surface area contributed by atoms with E-state index in [1.807, 2.05) is 0 Å². The Morgan fingerprint density at radius 3 is 1.87 bits per heavy atom. The van der Waals surface area contributed by atoms with Gasteiger partial charge in [-0.05, 0) is 55.9 Å². The van der Waals surface area contributed by atoms with Gasteiger partial charge in [-0.3, -0.25) is 0 Å². The zero-order valence-corrected chi connectivity index (χ0v) is 18.5. The lowest BCUT2D eigenvalue weighted by molar-refractivity contribution is 0.248. The maximum Gasteiger partial charge on any atom is 0.118 e. The summed E-state index contributed by atoms with van der Waals surface area (Å²) in [6.07, 6.45) is 1.09. The first-order valence-electron chi connectivity index (χ1n) is 10.8. The fourth-order valence-electron chi connectivity index (χ4n) is 3.82. The van der Waals surface area contributed by atoms with Crippen molar-refractivity contribution in [2.24, 2.45) is 0 Å². The van der Waals surface area contributed by atoms with Crippen molar-refractivity contribution in [3.8, 4) is 5.75 Å². The molecule has 1 atom stereocenters. The van der Waals surface area contributed by atoms with Crippen molar-refractivity contribution in [2.75, 3.05) is 40.8 Å². The number of hydrogen-bond acceptors (Lipinski definition) is 3. The highest BCUT2D eigenvalue weighted by Gasteiger charge is 2.15. The van der Waals surface area contributed by atoms with E-state index in [4.69, 9.17) is 4.74 Å². The highest BCUT2D eigenvalue weighted by atomic mass is 16.5. The van der Waals surface area contributed by atoms with Crippen molar-refractivity contribution >= 4 is 0 Å². The highest BCUT2D eigenvalue weighted by molar-refractivity contribution is 5.36. The lowest BCUT2D eigenvalue weighted by Gasteiger charge is -2.25. The molecule has 0 N–H and O–H groups in total. The molecule has 3 rings (SSSR count). The van der Waals surface area contributed by atoms with Crippen molar-refractivity contribution in [1.82, 2.24) is 9.80 Å². The molecule has 0 radical (unpaired) electrons. The van der Waals surface area contributed by atoms with Gasteiger partial charge >= 0.3 is 0 Å². The minimum atomic E-state index is 0.390. The van der Waals surface area contributed by atoms with E-state index in [1.165, 1.54) is 16.7 Å². The molecule has 0 saturated carbocycles. The first kappa shape index (κ1) is 22.1. The largest absolute Gasteiger partial charge is 0.497 e. The lowest BCUT2D eigenvalue weighted by atomic mass is 9.88. The summed E-state index contributed by atoms with van der Waals surface area (Å²) in [5, 5.41) is 0. The van der Waals surface area contributed by atoms with Gasteiger partial charge in [0.05, 0.1) is 7.11 Å². The Hall–Kier alpha value is -2.62. The SMILES string of the molecule is COc1ccc(C(CCN(C)CCN(C)Cc2ccccc2)c2ccccc2)cc1. The van der Waals surface area contributed by atoms with Gasteiger partial charge in [0.1, 0.15) is 5.75 Å². The van der Waals surface area contributed by atoms with E-state index in [9.17, 15) is 0 Å². The van der Waals surface area contributed by atoms with Crippen molar-refractivity contribution < 1.29 is 4.74 Å². The van der Waals surface area contributed by atoms with Gasteiger partial charge in [-0.1, -0.05) is 72.8 Å². The van der Waals surface area contributed by atoms with E-state index in [0.717, 1.165) is 38.3 Å². The van der Waals surface area contributed by atoms with Gasteiger partial charge in [0, 0.05) is 25.6 Å². The van der Waals surface area contributed by atoms with Gasteiger partial charge in [0.2, 0.25) is 0 Å². The van der Waals surface area contributed by atoms with E-state index in [0.29, 0.717) is 5.92 Å². The summed E-state index contributed by atoms with van der Waals surface area (Å²) in [4.78, 5) is 4.84. The van der Waals surface area contributed by atoms with Crippen LogP contribution in [0.2, 0.25) is 0 Å². The zero-order valence-electron chi connectivity index (χ0n) is 18.5. The molecular weight excluding hydrogens is 368 g/mol. The number of benzene rings is 3. The first-order chi connectivity index (χ1) is 14.7. The second-order valence-electron chi connectivity index (χ2n) is 8.05. The molecule has 0 bridgehead atoms. The first-order valence-corrected chi connectivity index (χ1v) is 10.8. The van der Waals surface area contributed by atoms with Crippen LogP contribution in [0.15, 0.2) is 84.9 Å². The Balaban J connectivity index is 1.55. The van der Waals surface area contributed by atoms with E-state index in [-0.39, 0.29) is 0 Å². The fraction of sp³-hybridized carbons (Fsp3) is 0.333. The van der Waals surface area contributed by atoms with E-state index >= 15 is 0 Å². The lowest BCUT2D eigenvalue weighted by Crippen LogP contribution is -2.31. The summed E-state index contributed by atoms with van der Waals surface area (Å²) in [5.74, 6) is 1.30. The van der Waals surface area contributed by atoms with Crippen LogP contribution in [0.1, 0.15) is 29.0 Å². The standard InChI is InChI=1S/C27H34N2O/c1-28(20-21-29(2)22-23-10-6-4-7-11-23)19-18-27(24-12-8-5-9-13-24)25-14-16-26(30-3)17-15-25/h4-17,27H,18-22H2,1-3H3. The average molecular weight is 403 g/mol. The van der Waals surface area contributed by atoms with Crippen LogP contribution in [0.5, 0.6) is 5.75 Å². The molecule has 0 aliphatic heterocycles. The minimum absolute atomic E-state index is 0.390. The maximum absolute atomic E-state index is 5.34. The van der Waals surface area contributed by atoms with Crippen LogP contribution in [0.25, 0.3) is 0 Å². The second kappa shape index (κ2) is 11.5. The smallest absolute Gasteiger partial charge is 0.118 e. The molecule has 0 amide bonds. The molecule has 3 aromatic rings. The Morgan fingerprint density at radius 2 is 1.23 bits per heavy atom. The van der Waals surface area contributed by atoms with Crippen LogP contribution in [0, 0.1) is 0 Å². The summed E-state index contributed by atoms with van der Waals surface area (Å²) in [7, 11) is 6.14. The average Bonchev–Trinajstić information content (AvgIpc) is 2.79. The van der Waals surface area contributed by atoms with Crippen LogP contribution >= 0.6 is 0 Å². The molecule has 0 aliphatic rings. The van der Waals surface area contributed by atoms with Gasteiger partial charge in [0.15, 0.2) is 0 Å². The molecule has 0 saturated heterocycles. The van der Waals surface area contributed by atoms with Crippen LogP contribution in [0.3, 0.4) is 0 Å². The van der Waals surface area contributed by atoms with Crippen LogP contribution in [-0.2, 0) is 6.54 Å². The number of methoxy groups -OCH3 is 1. The quantitative estimate of drug-likeness (QED) is 0.434. The zero-order chi connectivity index (χ0) is 21.2. The van der Waals surface area contributed by atoms with Crippen molar-refractivity contribution in [2.45, 2.75) is 18.9 Å². The summed E-state index contributed by atoms with van der Waals surface area (Å²) in [5.41, 5.74) is 4.08. The topological polar surface area (TPSA) is 15.7 Å². The van der Waals surface area contributed by atoms with Crippen molar-refractivity contribution in [1.29, 1.82) is 0 Å². The predicted octanol–water partition coefficient (Wildman–Crippen LogP) is 5.28. The highest BCUT2D eigenvalue weighted by Crippen LogP contribution is 2.29. The number of rotatable bonds is 11. The van der Waals surface area contributed by atoms with Gasteiger partial charge < -0.3 is 14.5 Å². The number of nitrogens with zero attached hydrogens (tertiary/aromatic N) is 2. The molecule has 158 valence electrons. The third-order valence-electron chi connectivity index (χ3n) is 5.68. The van der Waals surface area contributed by atoms with Gasteiger partial charge in [-0.15, -0.1) is 0 Å². The Labute approximate surface area is 181 Å². The number of likely N-dealkylation sites (N-methyl/N-ethyl adjacent to an activating group) is 2. The Morgan fingerprint density at radius 1 is 0.667 bits per heavy atom. The van der Waals surface area contributed by atoms with E-state index < -0.39 is 0 Å². The van der Waals surface area contributed by atoms with Crippen LogP contribution < -0.4 is 4.74 Å². The maximum atomic E-state index is 5.34. The number of ether oxygens (including phenoxy) is 1. The third kappa shape index (κ3) is 6.72. The van der Waals surface area contributed by atoms with E-state index in [1.54, 1.807) is 7.11 Å². The summed E-state index contributed by atoms with van der Waals surface area (Å²) >= 11 is 0. The third-order valence-corrected chi connectivity index (χ3v) is 5.68. The Kier molecular flexibility index (Phi) is 8.49. The van der Waals surface area contributed by atoms with Crippen LogP contribution in [0.4, 0.5) is 0 Å². The molecule has 0 fully saturated rings. The van der Waals surface area contributed by atoms with Gasteiger partial charge in [-0.25, -0.2) is 0 Å². The molecule has 3 aromatic carbocycles. The second-order valence-corrected chi connectivity index (χ2v) is 8.05. The number of hydrogen-bond donors (Lipinski definition) is 0.